The number of carbonyl (C=O) groups is 1. The summed E-state index contributed by atoms with van der Waals surface area (Å²) in [5, 5.41) is 7.42. The third-order valence-corrected chi connectivity index (χ3v) is 4.30. The van der Waals surface area contributed by atoms with E-state index in [1.54, 1.807) is 12.4 Å². The number of halogens is 2. The molecule has 0 radical (unpaired) electrons. The molecule has 1 aromatic heterocycles. The molecule has 0 bridgehead atoms. The second kappa shape index (κ2) is 7.40. The average Bonchev–Trinajstić information content (AvgIpc) is 3.08. The van der Waals surface area contributed by atoms with Crippen LogP contribution in [-0.2, 0) is 4.79 Å². The number of imidazole rings is 1. The highest BCUT2D eigenvalue weighted by Gasteiger charge is 2.23. The summed E-state index contributed by atoms with van der Waals surface area (Å²) >= 11 is 1.86. The van der Waals surface area contributed by atoms with E-state index in [2.05, 4.69) is 4.98 Å². The zero-order valence-corrected chi connectivity index (χ0v) is 12.8. The van der Waals surface area contributed by atoms with E-state index in [0.717, 1.165) is 24.9 Å². The molecular formula is C15H16F2N2O2S. The van der Waals surface area contributed by atoms with Gasteiger partial charge in [-0.1, -0.05) is 6.07 Å². The molecule has 22 heavy (non-hydrogen) atoms. The van der Waals surface area contributed by atoms with E-state index in [-0.39, 0.29) is 11.6 Å². The molecule has 1 saturated heterocycles. The molecule has 1 aliphatic rings. The number of carboxylic acids is 1. The number of aromatic nitrogens is 2. The summed E-state index contributed by atoms with van der Waals surface area (Å²) in [5.74, 6) is 0.487. The molecule has 0 aliphatic carbocycles. The first-order valence-corrected chi connectivity index (χ1v) is 7.90. The Kier molecular flexibility index (Phi) is 5.54. The molecule has 3 rings (SSSR count). The summed E-state index contributed by atoms with van der Waals surface area (Å²) in [6.07, 6.45) is 4.42. The van der Waals surface area contributed by atoms with E-state index in [0.29, 0.717) is 5.82 Å². The maximum Gasteiger partial charge on any atom is 0.300 e. The predicted molar refractivity (Wildman–Crippen MR) is 81.9 cm³/mol. The van der Waals surface area contributed by atoms with Crippen LogP contribution in [0.2, 0.25) is 0 Å². The van der Waals surface area contributed by atoms with E-state index >= 15 is 0 Å². The van der Waals surface area contributed by atoms with Crippen molar-refractivity contribution in [3.05, 3.63) is 42.2 Å². The highest BCUT2D eigenvalue weighted by Crippen LogP contribution is 2.33. The summed E-state index contributed by atoms with van der Waals surface area (Å²) in [6.45, 7) is 1.08. The molecule has 4 nitrogen and oxygen atoms in total. The summed E-state index contributed by atoms with van der Waals surface area (Å²) in [4.78, 5) is 13.1. The molecule has 7 heteroatoms. The molecule has 2 heterocycles. The van der Waals surface area contributed by atoms with Crippen LogP contribution in [0.25, 0.3) is 11.4 Å². The fourth-order valence-electron chi connectivity index (χ4n) is 2.25. The predicted octanol–water partition coefficient (Wildman–Crippen LogP) is 3.60. The number of thioether (sulfide) groups is 1. The van der Waals surface area contributed by atoms with Crippen LogP contribution in [0.1, 0.15) is 19.4 Å². The molecular weight excluding hydrogens is 310 g/mol. The number of hydrogen-bond acceptors (Lipinski definition) is 3. The molecule has 118 valence electrons. The van der Waals surface area contributed by atoms with Crippen LogP contribution in [-0.4, -0.2) is 32.1 Å². The summed E-state index contributed by atoms with van der Waals surface area (Å²) in [6, 6.07) is 4.18. The van der Waals surface area contributed by atoms with Crippen LogP contribution >= 0.6 is 11.8 Å². The minimum Gasteiger partial charge on any atom is -0.481 e. The van der Waals surface area contributed by atoms with Crippen LogP contribution in [0, 0.1) is 11.6 Å². The number of rotatable bonds is 2. The van der Waals surface area contributed by atoms with Gasteiger partial charge in [-0.2, -0.15) is 11.8 Å². The smallest absolute Gasteiger partial charge is 0.300 e. The molecule has 0 saturated carbocycles. The van der Waals surface area contributed by atoms with Crippen molar-refractivity contribution in [1.29, 1.82) is 0 Å². The first kappa shape index (κ1) is 16.5. The minimum absolute atomic E-state index is 0.0283. The summed E-state index contributed by atoms with van der Waals surface area (Å²) in [5.41, 5.74) is -0.0283. The number of aliphatic carboxylic acids is 1. The van der Waals surface area contributed by atoms with Gasteiger partial charge in [0.25, 0.3) is 5.97 Å². The Hall–Kier alpha value is -1.89. The van der Waals surface area contributed by atoms with Crippen molar-refractivity contribution in [2.45, 2.75) is 19.4 Å². The maximum atomic E-state index is 13.8. The molecule has 0 amide bonds. The molecule has 1 atom stereocenters. The fourth-order valence-corrected chi connectivity index (χ4v) is 3.46. The van der Waals surface area contributed by atoms with Crippen molar-refractivity contribution in [1.82, 2.24) is 9.55 Å². The van der Waals surface area contributed by atoms with Gasteiger partial charge in [0, 0.05) is 31.1 Å². The molecule has 0 spiro atoms. The average molecular weight is 326 g/mol. The van der Waals surface area contributed by atoms with Crippen molar-refractivity contribution in [3.8, 4) is 11.4 Å². The summed E-state index contributed by atoms with van der Waals surface area (Å²) < 4.78 is 29.5. The Morgan fingerprint density at radius 3 is 2.59 bits per heavy atom. The van der Waals surface area contributed by atoms with Crippen LogP contribution < -0.4 is 0 Å². The monoisotopic (exact) mass is 326 g/mol. The number of nitrogens with zero attached hydrogens (tertiary/aromatic N) is 2. The number of carboxylic acid groups (broad SMARTS) is 1. The van der Waals surface area contributed by atoms with Gasteiger partial charge in [-0.05, 0) is 24.3 Å². The van der Waals surface area contributed by atoms with Crippen LogP contribution in [0.5, 0.6) is 0 Å². The van der Waals surface area contributed by atoms with E-state index in [9.17, 15) is 8.78 Å². The lowest BCUT2D eigenvalue weighted by Gasteiger charge is -2.14. The van der Waals surface area contributed by atoms with Gasteiger partial charge in [0.05, 0.1) is 5.56 Å². The maximum absolute atomic E-state index is 13.8. The third-order valence-electron chi connectivity index (χ3n) is 3.15. The lowest BCUT2D eigenvalue weighted by Crippen LogP contribution is -2.09. The van der Waals surface area contributed by atoms with Gasteiger partial charge < -0.3 is 9.67 Å². The second-order valence-electron chi connectivity index (χ2n) is 4.79. The number of hydrogen-bond donors (Lipinski definition) is 1. The topological polar surface area (TPSA) is 55.1 Å². The lowest BCUT2D eigenvalue weighted by atomic mass is 10.1. The molecule has 1 unspecified atom stereocenters. The van der Waals surface area contributed by atoms with Gasteiger partial charge in [0.1, 0.15) is 17.5 Å². The fraction of sp³-hybridized carbons (Fsp3) is 0.333. The molecule has 1 N–H and O–H groups in total. The second-order valence-corrected chi connectivity index (χ2v) is 5.94. The van der Waals surface area contributed by atoms with Gasteiger partial charge in [0.15, 0.2) is 0 Å². The largest absolute Gasteiger partial charge is 0.481 e. The van der Waals surface area contributed by atoms with E-state index in [4.69, 9.17) is 9.90 Å². The van der Waals surface area contributed by atoms with Gasteiger partial charge in [-0.3, -0.25) is 4.79 Å². The van der Waals surface area contributed by atoms with E-state index < -0.39 is 17.6 Å². The summed E-state index contributed by atoms with van der Waals surface area (Å²) in [7, 11) is 0. The minimum atomic E-state index is -0.833. The molecule has 1 fully saturated rings. The van der Waals surface area contributed by atoms with Crippen LogP contribution in [0.3, 0.4) is 0 Å². The Labute approximate surface area is 131 Å². The Morgan fingerprint density at radius 2 is 2.05 bits per heavy atom. The van der Waals surface area contributed by atoms with Crippen molar-refractivity contribution in [2.75, 3.05) is 11.5 Å². The van der Waals surface area contributed by atoms with Gasteiger partial charge in [-0.25, -0.2) is 13.8 Å². The van der Waals surface area contributed by atoms with Gasteiger partial charge in [-0.15, -0.1) is 0 Å². The van der Waals surface area contributed by atoms with Crippen LogP contribution in [0.4, 0.5) is 8.78 Å². The molecule has 1 aliphatic heterocycles. The first-order valence-electron chi connectivity index (χ1n) is 6.75. The Balaban J connectivity index is 0.000000396. The zero-order valence-electron chi connectivity index (χ0n) is 12.0. The van der Waals surface area contributed by atoms with Crippen molar-refractivity contribution >= 4 is 17.7 Å². The standard InChI is InChI=1S/C13H12F2N2S.C2H4O2/c14-10-2-1-3-11(15)12(10)13-16-5-6-17(13)9-4-7-18-8-9;1-2(3)4/h1-3,5-6,9H,4,7-8H2;1H3,(H,3,4). The molecule has 1 aromatic carbocycles. The third kappa shape index (κ3) is 3.85. The number of benzene rings is 1. The quantitative estimate of drug-likeness (QED) is 0.916. The highest BCUT2D eigenvalue weighted by molar-refractivity contribution is 7.99. The molecule has 2 aromatic rings. The Morgan fingerprint density at radius 1 is 1.41 bits per heavy atom. The van der Waals surface area contributed by atoms with Gasteiger partial charge in [0.2, 0.25) is 0 Å². The zero-order chi connectivity index (χ0) is 16.1. The highest BCUT2D eigenvalue weighted by atomic mass is 32.2. The SMILES string of the molecule is CC(=O)O.Fc1cccc(F)c1-c1nccn1C1CCSC1. The van der Waals surface area contributed by atoms with E-state index in [1.807, 2.05) is 16.3 Å². The Bertz CT molecular complexity index is 630. The van der Waals surface area contributed by atoms with Crippen LogP contribution in [0.15, 0.2) is 30.6 Å². The lowest BCUT2D eigenvalue weighted by molar-refractivity contribution is -0.134. The van der Waals surface area contributed by atoms with Crippen molar-refractivity contribution < 1.29 is 18.7 Å². The van der Waals surface area contributed by atoms with E-state index in [1.165, 1.54) is 18.2 Å². The first-order chi connectivity index (χ1) is 10.5. The van der Waals surface area contributed by atoms with Crippen molar-refractivity contribution in [2.24, 2.45) is 0 Å². The van der Waals surface area contributed by atoms with Gasteiger partial charge >= 0.3 is 0 Å². The normalized spacial score (nSPS) is 17.0. The van der Waals surface area contributed by atoms with Crippen molar-refractivity contribution in [3.63, 3.8) is 0 Å².